The zero-order valence-corrected chi connectivity index (χ0v) is 12.0. The van der Waals surface area contributed by atoms with Crippen molar-refractivity contribution in [1.29, 1.82) is 0 Å². The first-order valence-electron chi connectivity index (χ1n) is 6.68. The van der Waals surface area contributed by atoms with E-state index in [4.69, 9.17) is 15.2 Å². The molecule has 2 N–H and O–H groups in total. The second-order valence-electron chi connectivity index (χ2n) is 4.69. The molecule has 1 aromatic rings. The van der Waals surface area contributed by atoms with Gasteiger partial charge < -0.3 is 25.0 Å². The quantitative estimate of drug-likeness (QED) is 0.835. The summed E-state index contributed by atoms with van der Waals surface area (Å²) in [5.74, 6) is 1.40. The van der Waals surface area contributed by atoms with Crippen molar-refractivity contribution in [3.63, 3.8) is 0 Å². The Kier molecular flexibility index (Phi) is 4.37. The van der Waals surface area contributed by atoms with Crippen LogP contribution in [0.5, 0.6) is 11.5 Å². The number of likely N-dealkylation sites (N-methyl/N-ethyl adjacent to an activating group) is 1. The van der Waals surface area contributed by atoms with Gasteiger partial charge in [-0.2, -0.15) is 0 Å². The SMILES string of the molecule is CCN1CCN(c2cc(OC)c(OC)cc2N)CC1. The smallest absolute Gasteiger partial charge is 0.162 e. The van der Waals surface area contributed by atoms with Gasteiger partial charge in [0.05, 0.1) is 25.6 Å². The second kappa shape index (κ2) is 6.02. The second-order valence-corrected chi connectivity index (χ2v) is 4.69. The molecule has 5 nitrogen and oxygen atoms in total. The third-order valence-electron chi connectivity index (χ3n) is 3.69. The number of ether oxygens (including phenoxy) is 2. The van der Waals surface area contributed by atoms with Gasteiger partial charge in [0.2, 0.25) is 0 Å². The summed E-state index contributed by atoms with van der Waals surface area (Å²) in [5, 5.41) is 0. The van der Waals surface area contributed by atoms with Crippen LogP contribution in [0.2, 0.25) is 0 Å². The van der Waals surface area contributed by atoms with Gasteiger partial charge >= 0.3 is 0 Å². The predicted molar refractivity (Wildman–Crippen MR) is 78.3 cm³/mol. The molecular formula is C14H23N3O2. The highest BCUT2D eigenvalue weighted by Crippen LogP contribution is 2.37. The van der Waals surface area contributed by atoms with Crippen LogP contribution in [0.3, 0.4) is 0 Å². The van der Waals surface area contributed by atoms with Crippen LogP contribution in [0, 0.1) is 0 Å². The summed E-state index contributed by atoms with van der Waals surface area (Å²) in [4.78, 5) is 4.75. The van der Waals surface area contributed by atoms with Crippen molar-refractivity contribution in [3.8, 4) is 11.5 Å². The maximum absolute atomic E-state index is 6.13. The highest BCUT2D eigenvalue weighted by molar-refractivity contribution is 5.73. The van der Waals surface area contributed by atoms with Crippen molar-refractivity contribution < 1.29 is 9.47 Å². The van der Waals surface area contributed by atoms with Gasteiger partial charge in [-0.3, -0.25) is 0 Å². The van der Waals surface area contributed by atoms with Crippen LogP contribution in [0.1, 0.15) is 6.92 Å². The van der Waals surface area contributed by atoms with Crippen molar-refractivity contribution in [1.82, 2.24) is 4.90 Å². The molecule has 0 aliphatic carbocycles. The Labute approximate surface area is 114 Å². The summed E-state index contributed by atoms with van der Waals surface area (Å²) >= 11 is 0. The van der Waals surface area contributed by atoms with E-state index in [-0.39, 0.29) is 0 Å². The van der Waals surface area contributed by atoms with E-state index in [0.717, 1.165) is 49.8 Å². The minimum atomic E-state index is 0.677. The van der Waals surface area contributed by atoms with Crippen LogP contribution < -0.4 is 20.1 Å². The van der Waals surface area contributed by atoms with E-state index in [1.165, 1.54) is 0 Å². The fourth-order valence-electron chi connectivity index (χ4n) is 2.46. The molecule has 1 heterocycles. The number of methoxy groups -OCH3 is 2. The standard InChI is InChI=1S/C14H23N3O2/c1-4-16-5-7-17(8-6-16)12-10-14(19-3)13(18-2)9-11(12)15/h9-10H,4-8,15H2,1-3H3. The third-order valence-corrected chi connectivity index (χ3v) is 3.69. The predicted octanol–water partition coefficient (Wildman–Crippen LogP) is 1.43. The summed E-state index contributed by atoms with van der Waals surface area (Å²) in [7, 11) is 3.27. The van der Waals surface area contributed by atoms with Crippen molar-refractivity contribution in [2.45, 2.75) is 6.92 Å². The van der Waals surface area contributed by atoms with E-state index in [9.17, 15) is 0 Å². The monoisotopic (exact) mass is 265 g/mol. The van der Waals surface area contributed by atoms with Crippen molar-refractivity contribution in [3.05, 3.63) is 12.1 Å². The molecule has 19 heavy (non-hydrogen) atoms. The van der Waals surface area contributed by atoms with E-state index < -0.39 is 0 Å². The molecular weight excluding hydrogens is 242 g/mol. The molecule has 1 aliphatic heterocycles. The Bertz CT molecular complexity index is 429. The van der Waals surface area contributed by atoms with Crippen LogP contribution >= 0.6 is 0 Å². The molecule has 106 valence electrons. The van der Waals surface area contributed by atoms with Gasteiger partial charge in [0, 0.05) is 38.3 Å². The number of nitrogens with zero attached hydrogens (tertiary/aromatic N) is 2. The highest BCUT2D eigenvalue weighted by Gasteiger charge is 2.19. The molecule has 0 unspecified atom stereocenters. The molecule has 1 aromatic carbocycles. The van der Waals surface area contributed by atoms with E-state index >= 15 is 0 Å². The number of hydrogen-bond acceptors (Lipinski definition) is 5. The van der Waals surface area contributed by atoms with Crippen molar-refractivity contribution in [2.24, 2.45) is 0 Å². The van der Waals surface area contributed by atoms with Crippen molar-refractivity contribution >= 4 is 11.4 Å². The summed E-state index contributed by atoms with van der Waals surface area (Å²) in [6, 6.07) is 3.80. The van der Waals surface area contributed by atoms with Crippen LogP contribution in [-0.4, -0.2) is 51.8 Å². The van der Waals surface area contributed by atoms with Gasteiger partial charge in [-0.1, -0.05) is 6.92 Å². The average Bonchev–Trinajstić information content (AvgIpc) is 2.47. The first kappa shape index (κ1) is 13.8. The van der Waals surface area contributed by atoms with Gasteiger partial charge in [-0.15, -0.1) is 0 Å². The highest BCUT2D eigenvalue weighted by atomic mass is 16.5. The average molecular weight is 265 g/mol. The lowest BCUT2D eigenvalue weighted by atomic mass is 10.2. The van der Waals surface area contributed by atoms with Crippen LogP contribution in [-0.2, 0) is 0 Å². The molecule has 1 aliphatic rings. The number of piperazine rings is 1. The zero-order chi connectivity index (χ0) is 13.8. The minimum absolute atomic E-state index is 0.677. The lowest BCUT2D eigenvalue weighted by Crippen LogP contribution is -2.46. The molecule has 0 amide bonds. The molecule has 0 spiro atoms. The number of benzene rings is 1. The van der Waals surface area contributed by atoms with Gasteiger partial charge in [0.1, 0.15) is 0 Å². The molecule has 1 fully saturated rings. The molecule has 0 aromatic heterocycles. The summed E-state index contributed by atoms with van der Waals surface area (Å²) in [5.41, 5.74) is 7.90. The number of nitrogens with two attached hydrogens (primary N) is 1. The summed E-state index contributed by atoms with van der Waals surface area (Å²) in [6.07, 6.45) is 0. The lowest BCUT2D eigenvalue weighted by Gasteiger charge is -2.36. The Morgan fingerprint density at radius 3 is 2.16 bits per heavy atom. The Morgan fingerprint density at radius 1 is 1.05 bits per heavy atom. The summed E-state index contributed by atoms with van der Waals surface area (Å²) < 4.78 is 10.6. The Morgan fingerprint density at radius 2 is 1.63 bits per heavy atom. The fourth-order valence-corrected chi connectivity index (χ4v) is 2.46. The first-order chi connectivity index (χ1) is 9.19. The van der Waals surface area contributed by atoms with Crippen molar-refractivity contribution in [2.75, 3.05) is 57.6 Å². The normalized spacial score (nSPS) is 16.5. The van der Waals surface area contributed by atoms with Gasteiger partial charge in [-0.05, 0) is 6.54 Å². The molecule has 0 radical (unpaired) electrons. The van der Waals surface area contributed by atoms with Gasteiger partial charge in [-0.25, -0.2) is 0 Å². The van der Waals surface area contributed by atoms with E-state index in [2.05, 4.69) is 16.7 Å². The third kappa shape index (κ3) is 2.87. The number of nitrogen functional groups attached to an aromatic ring is 1. The van der Waals surface area contributed by atoms with Crippen LogP contribution in [0.15, 0.2) is 12.1 Å². The number of anilines is 2. The minimum Gasteiger partial charge on any atom is -0.493 e. The Hall–Kier alpha value is -1.62. The zero-order valence-electron chi connectivity index (χ0n) is 12.0. The molecule has 0 bridgehead atoms. The Balaban J connectivity index is 2.20. The van der Waals surface area contributed by atoms with Gasteiger partial charge in [0.25, 0.3) is 0 Å². The molecule has 2 rings (SSSR count). The van der Waals surface area contributed by atoms with Crippen LogP contribution in [0.4, 0.5) is 11.4 Å². The molecule has 0 saturated carbocycles. The largest absolute Gasteiger partial charge is 0.493 e. The van der Waals surface area contributed by atoms with E-state index in [0.29, 0.717) is 5.75 Å². The number of rotatable bonds is 4. The number of hydrogen-bond donors (Lipinski definition) is 1. The van der Waals surface area contributed by atoms with Crippen LogP contribution in [0.25, 0.3) is 0 Å². The lowest BCUT2D eigenvalue weighted by molar-refractivity contribution is 0.271. The van der Waals surface area contributed by atoms with Gasteiger partial charge in [0.15, 0.2) is 11.5 Å². The summed E-state index contributed by atoms with van der Waals surface area (Å²) in [6.45, 7) is 7.44. The first-order valence-corrected chi connectivity index (χ1v) is 6.68. The molecule has 1 saturated heterocycles. The fraction of sp³-hybridized carbons (Fsp3) is 0.571. The van der Waals surface area contributed by atoms with E-state index in [1.807, 2.05) is 12.1 Å². The topological polar surface area (TPSA) is 51.0 Å². The molecule has 5 heteroatoms. The van der Waals surface area contributed by atoms with E-state index in [1.54, 1.807) is 14.2 Å². The maximum Gasteiger partial charge on any atom is 0.162 e. The molecule has 0 atom stereocenters. The maximum atomic E-state index is 6.13.